The van der Waals surface area contributed by atoms with Gasteiger partial charge >= 0.3 is 0 Å². The van der Waals surface area contributed by atoms with Crippen LogP contribution >= 0.6 is 0 Å². The Labute approximate surface area is 162 Å². The molecule has 2 aromatic carbocycles. The number of halogens is 1. The van der Waals surface area contributed by atoms with Crippen LogP contribution in [0.25, 0.3) is 0 Å². The molecule has 0 radical (unpaired) electrons. The van der Waals surface area contributed by atoms with E-state index >= 15 is 0 Å². The van der Waals surface area contributed by atoms with E-state index < -0.39 is 4.92 Å². The molecule has 2 aromatic rings. The highest BCUT2D eigenvalue weighted by Crippen LogP contribution is 2.26. The van der Waals surface area contributed by atoms with Gasteiger partial charge in [-0.25, -0.2) is 4.39 Å². The largest absolute Gasteiger partial charge is 0.326 e. The molecular formula is C20H23FN4O3. The molecule has 1 atom stereocenters. The first kappa shape index (κ1) is 19.9. The van der Waals surface area contributed by atoms with E-state index in [0.29, 0.717) is 24.3 Å². The van der Waals surface area contributed by atoms with Gasteiger partial charge in [0.05, 0.1) is 16.2 Å². The van der Waals surface area contributed by atoms with Gasteiger partial charge in [-0.3, -0.25) is 19.8 Å². The fourth-order valence-electron chi connectivity index (χ4n) is 3.47. The predicted octanol–water partition coefficient (Wildman–Crippen LogP) is 3.02. The summed E-state index contributed by atoms with van der Waals surface area (Å²) in [7, 11) is 0. The molecule has 0 spiro atoms. The summed E-state index contributed by atoms with van der Waals surface area (Å²) in [6.07, 6.45) is 0.244. The Morgan fingerprint density at radius 1 is 1.36 bits per heavy atom. The Hall–Kier alpha value is -2.84. The van der Waals surface area contributed by atoms with Crippen molar-refractivity contribution in [1.82, 2.24) is 10.2 Å². The minimum Gasteiger partial charge on any atom is -0.326 e. The van der Waals surface area contributed by atoms with Crippen LogP contribution in [0.5, 0.6) is 0 Å². The molecule has 0 saturated carbocycles. The van der Waals surface area contributed by atoms with Crippen molar-refractivity contribution in [3.05, 3.63) is 69.5 Å². The second-order valence-electron chi connectivity index (χ2n) is 6.82. The molecule has 1 aliphatic rings. The number of nitro benzene ring substituents is 1. The van der Waals surface area contributed by atoms with Crippen LogP contribution in [0.1, 0.15) is 23.6 Å². The van der Waals surface area contributed by atoms with Gasteiger partial charge in [0.1, 0.15) is 5.82 Å². The Morgan fingerprint density at radius 3 is 2.89 bits per heavy atom. The predicted molar refractivity (Wildman–Crippen MR) is 105 cm³/mol. The van der Waals surface area contributed by atoms with Gasteiger partial charge in [0.25, 0.3) is 5.69 Å². The van der Waals surface area contributed by atoms with Crippen LogP contribution in [0.15, 0.2) is 42.5 Å². The van der Waals surface area contributed by atoms with Gasteiger partial charge in [-0.15, -0.1) is 0 Å². The normalized spacial score (nSPS) is 17.3. The van der Waals surface area contributed by atoms with Gasteiger partial charge in [-0.2, -0.15) is 0 Å². The summed E-state index contributed by atoms with van der Waals surface area (Å²) < 4.78 is 13.6. The molecule has 1 amide bonds. The quantitative estimate of drug-likeness (QED) is 0.589. The minimum absolute atomic E-state index is 0.00296. The first-order valence-corrected chi connectivity index (χ1v) is 9.20. The number of nitro groups is 1. The van der Waals surface area contributed by atoms with Gasteiger partial charge in [0.2, 0.25) is 5.91 Å². The topological polar surface area (TPSA) is 87.5 Å². The van der Waals surface area contributed by atoms with Crippen LogP contribution < -0.4 is 10.6 Å². The number of hydrogen-bond acceptors (Lipinski definition) is 5. The number of carbonyl (C=O) groups is 1. The van der Waals surface area contributed by atoms with E-state index in [1.807, 2.05) is 6.07 Å². The minimum atomic E-state index is -0.463. The molecule has 28 heavy (non-hydrogen) atoms. The first-order chi connectivity index (χ1) is 13.5. The van der Waals surface area contributed by atoms with E-state index in [-0.39, 0.29) is 29.9 Å². The zero-order chi connectivity index (χ0) is 20.1. The van der Waals surface area contributed by atoms with Crippen molar-refractivity contribution < 1.29 is 14.1 Å². The number of benzene rings is 2. The standard InChI is InChI=1S/C20H23FN4O3/c1-14-17(6-3-7-18(14)25(27)28)23-20(26)8-10-24-11-9-22-13-19(24)15-4-2-5-16(21)12-15/h2-7,12,19,22H,8-11,13H2,1H3,(H,23,26). The molecule has 148 valence electrons. The van der Waals surface area contributed by atoms with Crippen molar-refractivity contribution in [2.75, 3.05) is 31.5 Å². The molecular weight excluding hydrogens is 363 g/mol. The summed E-state index contributed by atoms with van der Waals surface area (Å²) >= 11 is 0. The van der Waals surface area contributed by atoms with E-state index in [2.05, 4.69) is 15.5 Å². The van der Waals surface area contributed by atoms with Crippen molar-refractivity contribution in [3.8, 4) is 0 Å². The van der Waals surface area contributed by atoms with Crippen LogP contribution in [0, 0.1) is 22.9 Å². The van der Waals surface area contributed by atoms with Gasteiger partial charge in [0.15, 0.2) is 0 Å². The molecule has 1 aliphatic heterocycles. The van der Waals surface area contributed by atoms with Crippen molar-refractivity contribution in [3.63, 3.8) is 0 Å². The molecule has 2 N–H and O–H groups in total. The average molecular weight is 386 g/mol. The summed E-state index contributed by atoms with van der Waals surface area (Å²) in [5.41, 5.74) is 1.73. The lowest BCUT2D eigenvalue weighted by Crippen LogP contribution is -2.46. The van der Waals surface area contributed by atoms with E-state index in [1.54, 1.807) is 25.1 Å². The third kappa shape index (κ3) is 4.71. The maximum absolute atomic E-state index is 13.6. The lowest BCUT2D eigenvalue weighted by atomic mass is 10.0. The van der Waals surface area contributed by atoms with E-state index in [4.69, 9.17) is 0 Å². The van der Waals surface area contributed by atoms with Gasteiger partial charge in [-0.05, 0) is 30.7 Å². The van der Waals surface area contributed by atoms with Crippen LogP contribution in [0.4, 0.5) is 15.8 Å². The summed E-state index contributed by atoms with van der Waals surface area (Å²) in [5, 5.41) is 17.1. The third-order valence-electron chi connectivity index (χ3n) is 4.99. The van der Waals surface area contributed by atoms with Crippen molar-refractivity contribution >= 4 is 17.3 Å². The summed E-state index contributed by atoms with van der Waals surface area (Å²) in [4.78, 5) is 25.1. The lowest BCUT2D eigenvalue weighted by molar-refractivity contribution is -0.385. The Bertz CT molecular complexity index is 874. The Morgan fingerprint density at radius 2 is 2.14 bits per heavy atom. The molecule has 1 saturated heterocycles. The lowest BCUT2D eigenvalue weighted by Gasteiger charge is -2.36. The van der Waals surface area contributed by atoms with Gasteiger partial charge in [-0.1, -0.05) is 18.2 Å². The number of carbonyl (C=O) groups excluding carboxylic acids is 1. The number of nitrogens with one attached hydrogen (secondary N) is 2. The highest BCUT2D eigenvalue weighted by molar-refractivity contribution is 5.92. The fourth-order valence-corrected chi connectivity index (χ4v) is 3.47. The highest BCUT2D eigenvalue weighted by Gasteiger charge is 2.24. The zero-order valence-electron chi connectivity index (χ0n) is 15.7. The van der Waals surface area contributed by atoms with Crippen LogP contribution in [-0.2, 0) is 4.79 Å². The monoisotopic (exact) mass is 386 g/mol. The molecule has 0 aliphatic carbocycles. The number of nitrogens with zero attached hydrogens (tertiary/aromatic N) is 2. The fraction of sp³-hybridized carbons (Fsp3) is 0.350. The summed E-state index contributed by atoms with van der Waals surface area (Å²) in [5.74, 6) is -0.484. The highest BCUT2D eigenvalue weighted by atomic mass is 19.1. The van der Waals surface area contributed by atoms with Crippen LogP contribution in [0.3, 0.4) is 0 Å². The number of anilines is 1. The second kappa shape index (κ2) is 8.90. The average Bonchev–Trinajstić information content (AvgIpc) is 2.68. The van der Waals surface area contributed by atoms with Crippen molar-refractivity contribution in [2.24, 2.45) is 0 Å². The summed E-state index contributed by atoms with van der Waals surface area (Å²) in [6, 6.07) is 11.1. The van der Waals surface area contributed by atoms with Crippen molar-refractivity contribution in [1.29, 1.82) is 0 Å². The second-order valence-corrected chi connectivity index (χ2v) is 6.82. The van der Waals surface area contributed by atoms with Crippen LogP contribution in [0.2, 0.25) is 0 Å². The smallest absolute Gasteiger partial charge is 0.274 e. The Balaban J connectivity index is 1.63. The van der Waals surface area contributed by atoms with Crippen LogP contribution in [-0.4, -0.2) is 41.9 Å². The Kier molecular flexibility index (Phi) is 6.33. The zero-order valence-corrected chi connectivity index (χ0v) is 15.7. The number of hydrogen-bond donors (Lipinski definition) is 2. The molecule has 1 heterocycles. The molecule has 0 bridgehead atoms. The SMILES string of the molecule is Cc1c(NC(=O)CCN2CCNCC2c2cccc(F)c2)cccc1[N+](=O)[O-]. The van der Waals surface area contributed by atoms with Crippen molar-refractivity contribution in [2.45, 2.75) is 19.4 Å². The maximum atomic E-state index is 13.6. The summed E-state index contributed by atoms with van der Waals surface area (Å²) in [6.45, 7) is 4.38. The molecule has 1 unspecified atom stereocenters. The van der Waals surface area contributed by atoms with E-state index in [9.17, 15) is 19.3 Å². The van der Waals surface area contributed by atoms with Gasteiger partial charge in [0, 0.05) is 44.7 Å². The number of amides is 1. The maximum Gasteiger partial charge on any atom is 0.274 e. The van der Waals surface area contributed by atoms with E-state index in [0.717, 1.165) is 18.7 Å². The van der Waals surface area contributed by atoms with E-state index in [1.165, 1.54) is 18.2 Å². The first-order valence-electron chi connectivity index (χ1n) is 9.20. The number of rotatable bonds is 6. The third-order valence-corrected chi connectivity index (χ3v) is 4.99. The molecule has 1 fully saturated rings. The molecule has 0 aromatic heterocycles. The molecule has 3 rings (SSSR count). The van der Waals surface area contributed by atoms with Gasteiger partial charge < -0.3 is 10.6 Å². The number of piperazine rings is 1. The molecule has 7 nitrogen and oxygen atoms in total. The molecule has 8 heteroatoms.